The molecule has 0 spiro atoms. The summed E-state index contributed by atoms with van der Waals surface area (Å²) < 4.78 is 7.34. The van der Waals surface area contributed by atoms with Gasteiger partial charge in [-0.2, -0.15) is 0 Å². The first-order valence-electron chi connectivity index (χ1n) is 7.43. The minimum atomic E-state index is -0.590. The fourth-order valence-electron chi connectivity index (χ4n) is 1.93. The van der Waals surface area contributed by atoms with Crippen LogP contribution in [0.5, 0.6) is 5.75 Å². The molecule has 0 bridgehead atoms. The predicted molar refractivity (Wildman–Crippen MR) is 83.0 cm³/mol. The summed E-state index contributed by atoms with van der Waals surface area (Å²) >= 11 is 0. The highest BCUT2D eigenvalue weighted by Gasteiger charge is 2.11. The van der Waals surface area contributed by atoms with Gasteiger partial charge in [0.1, 0.15) is 12.4 Å². The molecule has 1 unspecified atom stereocenters. The van der Waals surface area contributed by atoms with Gasteiger partial charge in [-0.15, -0.1) is 5.10 Å². The Balaban J connectivity index is 2.00. The third-order valence-corrected chi connectivity index (χ3v) is 3.07. The zero-order chi connectivity index (χ0) is 16.8. The molecule has 8 nitrogen and oxygen atoms in total. The van der Waals surface area contributed by atoms with E-state index in [-0.39, 0.29) is 25.1 Å². The molecule has 1 atom stereocenters. The van der Waals surface area contributed by atoms with Gasteiger partial charge in [0, 0.05) is 12.1 Å². The van der Waals surface area contributed by atoms with Crippen LogP contribution in [0.15, 0.2) is 24.3 Å². The van der Waals surface area contributed by atoms with Crippen molar-refractivity contribution in [3.05, 3.63) is 35.7 Å². The summed E-state index contributed by atoms with van der Waals surface area (Å²) in [5, 5.41) is 23.3. The third kappa shape index (κ3) is 4.75. The van der Waals surface area contributed by atoms with Crippen molar-refractivity contribution in [2.24, 2.45) is 0 Å². The van der Waals surface area contributed by atoms with Crippen molar-refractivity contribution in [2.75, 3.05) is 6.54 Å². The summed E-state index contributed by atoms with van der Waals surface area (Å²) in [5.41, 5.74) is 0.464. The van der Waals surface area contributed by atoms with Crippen LogP contribution in [-0.2, 0) is 6.61 Å². The van der Waals surface area contributed by atoms with Crippen LogP contribution in [0.2, 0.25) is 0 Å². The molecule has 0 saturated heterocycles. The van der Waals surface area contributed by atoms with Gasteiger partial charge in [-0.3, -0.25) is 4.79 Å². The fraction of sp³-hybridized carbons (Fsp3) is 0.467. The monoisotopic (exact) mass is 319 g/mol. The number of benzene rings is 1. The van der Waals surface area contributed by atoms with E-state index in [1.54, 1.807) is 35.9 Å². The van der Waals surface area contributed by atoms with Crippen LogP contribution in [0.3, 0.4) is 0 Å². The molecule has 2 rings (SSSR count). The smallest absolute Gasteiger partial charge is 0.251 e. The molecule has 1 heterocycles. The van der Waals surface area contributed by atoms with Crippen LogP contribution in [0, 0.1) is 0 Å². The van der Waals surface area contributed by atoms with Gasteiger partial charge in [-0.05, 0) is 49.4 Å². The molecular weight excluding hydrogens is 298 g/mol. The first-order chi connectivity index (χ1) is 11.0. The van der Waals surface area contributed by atoms with Gasteiger partial charge in [-0.25, -0.2) is 4.68 Å². The molecule has 2 aromatic rings. The first kappa shape index (κ1) is 16.9. The van der Waals surface area contributed by atoms with E-state index in [0.29, 0.717) is 17.1 Å². The van der Waals surface area contributed by atoms with Crippen molar-refractivity contribution in [3.63, 3.8) is 0 Å². The number of hydrogen-bond donors (Lipinski definition) is 2. The average Bonchev–Trinajstić information content (AvgIpc) is 2.99. The Morgan fingerprint density at radius 2 is 2.17 bits per heavy atom. The van der Waals surface area contributed by atoms with E-state index in [1.165, 1.54) is 0 Å². The molecule has 0 radical (unpaired) electrons. The number of nitrogens with zero attached hydrogens (tertiary/aromatic N) is 4. The van der Waals surface area contributed by atoms with Crippen molar-refractivity contribution in [3.8, 4) is 5.75 Å². The Kier molecular flexibility index (Phi) is 5.64. The standard InChI is InChI=1S/C15H21N5O3/c1-10(2)20-14(17-18-19-20)9-23-13-6-4-5-12(7-13)15(22)16-8-11(3)21/h4-7,10-11,21H,8-9H2,1-3H3,(H,16,22). The Bertz CT molecular complexity index is 654. The molecule has 0 aliphatic rings. The lowest BCUT2D eigenvalue weighted by atomic mass is 10.2. The van der Waals surface area contributed by atoms with Gasteiger partial charge in [0.2, 0.25) is 0 Å². The van der Waals surface area contributed by atoms with Crippen LogP contribution < -0.4 is 10.1 Å². The number of carbonyl (C=O) groups is 1. The lowest BCUT2D eigenvalue weighted by Crippen LogP contribution is -2.30. The van der Waals surface area contributed by atoms with Crippen LogP contribution in [0.25, 0.3) is 0 Å². The van der Waals surface area contributed by atoms with Crippen LogP contribution in [-0.4, -0.2) is 43.9 Å². The molecule has 8 heteroatoms. The molecule has 23 heavy (non-hydrogen) atoms. The number of ether oxygens (including phenoxy) is 1. The second-order valence-electron chi connectivity index (χ2n) is 5.51. The number of aromatic nitrogens is 4. The Morgan fingerprint density at radius 3 is 2.87 bits per heavy atom. The summed E-state index contributed by atoms with van der Waals surface area (Å²) in [5.74, 6) is 0.903. The van der Waals surface area contributed by atoms with E-state index in [1.807, 2.05) is 13.8 Å². The van der Waals surface area contributed by atoms with E-state index in [9.17, 15) is 9.90 Å². The zero-order valence-electron chi connectivity index (χ0n) is 13.4. The number of carbonyl (C=O) groups excluding carboxylic acids is 1. The molecule has 2 N–H and O–H groups in total. The van der Waals surface area contributed by atoms with Crippen molar-refractivity contribution >= 4 is 5.91 Å². The molecule has 1 aromatic heterocycles. The highest BCUT2D eigenvalue weighted by Crippen LogP contribution is 2.15. The SMILES string of the molecule is CC(O)CNC(=O)c1cccc(OCc2nnnn2C(C)C)c1. The molecule has 0 saturated carbocycles. The topological polar surface area (TPSA) is 102 Å². The second kappa shape index (κ2) is 7.68. The number of aliphatic hydroxyl groups is 1. The molecular formula is C15H21N5O3. The maximum absolute atomic E-state index is 12.0. The van der Waals surface area contributed by atoms with Crippen molar-refractivity contribution in [1.82, 2.24) is 25.5 Å². The molecule has 1 aromatic carbocycles. The first-order valence-corrected chi connectivity index (χ1v) is 7.43. The van der Waals surface area contributed by atoms with Crippen molar-refractivity contribution in [2.45, 2.75) is 39.5 Å². The van der Waals surface area contributed by atoms with E-state index in [0.717, 1.165) is 0 Å². The number of tetrazole rings is 1. The fourth-order valence-corrected chi connectivity index (χ4v) is 1.93. The zero-order valence-corrected chi connectivity index (χ0v) is 13.4. The highest BCUT2D eigenvalue weighted by molar-refractivity contribution is 5.94. The maximum Gasteiger partial charge on any atom is 0.251 e. The Hall–Kier alpha value is -2.48. The van der Waals surface area contributed by atoms with E-state index < -0.39 is 6.10 Å². The van der Waals surface area contributed by atoms with E-state index in [2.05, 4.69) is 20.8 Å². The van der Waals surface area contributed by atoms with Gasteiger partial charge in [-0.1, -0.05) is 6.07 Å². The average molecular weight is 319 g/mol. The third-order valence-electron chi connectivity index (χ3n) is 3.07. The quantitative estimate of drug-likeness (QED) is 0.787. The summed E-state index contributed by atoms with van der Waals surface area (Å²) in [6, 6.07) is 6.96. The van der Waals surface area contributed by atoms with Gasteiger partial charge in [0.25, 0.3) is 5.91 Å². The van der Waals surface area contributed by atoms with Crippen LogP contribution in [0.1, 0.15) is 43.0 Å². The predicted octanol–water partition coefficient (Wildman–Crippen LogP) is 0.944. The van der Waals surface area contributed by atoms with Gasteiger partial charge in [0.15, 0.2) is 5.82 Å². The van der Waals surface area contributed by atoms with Gasteiger partial charge < -0.3 is 15.2 Å². The number of rotatable bonds is 7. The molecule has 1 amide bonds. The minimum Gasteiger partial charge on any atom is -0.486 e. The number of nitrogens with one attached hydrogen (secondary N) is 1. The number of hydrogen-bond acceptors (Lipinski definition) is 6. The number of amides is 1. The van der Waals surface area contributed by atoms with Gasteiger partial charge >= 0.3 is 0 Å². The van der Waals surface area contributed by atoms with Crippen molar-refractivity contribution in [1.29, 1.82) is 0 Å². The molecule has 124 valence electrons. The second-order valence-corrected chi connectivity index (χ2v) is 5.51. The van der Waals surface area contributed by atoms with E-state index in [4.69, 9.17) is 4.74 Å². The highest BCUT2D eigenvalue weighted by atomic mass is 16.5. The Morgan fingerprint density at radius 1 is 1.39 bits per heavy atom. The maximum atomic E-state index is 12.0. The minimum absolute atomic E-state index is 0.140. The molecule has 0 fully saturated rings. The van der Waals surface area contributed by atoms with Gasteiger partial charge in [0.05, 0.1) is 12.1 Å². The molecule has 0 aliphatic heterocycles. The lowest BCUT2D eigenvalue weighted by molar-refractivity contribution is 0.0923. The molecule has 0 aliphatic carbocycles. The normalized spacial score (nSPS) is 12.2. The lowest BCUT2D eigenvalue weighted by Gasteiger charge is -2.10. The van der Waals surface area contributed by atoms with Crippen LogP contribution in [0.4, 0.5) is 0 Å². The number of aliphatic hydroxyl groups excluding tert-OH is 1. The van der Waals surface area contributed by atoms with E-state index >= 15 is 0 Å². The largest absolute Gasteiger partial charge is 0.486 e. The van der Waals surface area contributed by atoms with Crippen molar-refractivity contribution < 1.29 is 14.6 Å². The summed E-state index contributed by atoms with van der Waals surface area (Å²) in [7, 11) is 0. The Labute approximate surface area is 134 Å². The summed E-state index contributed by atoms with van der Waals surface area (Å²) in [4.78, 5) is 12.0. The van der Waals surface area contributed by atoms with Crippen LogP contribution >= 0.6 is 0 Å². The summed E-state index contributed by atoms with van der Waals surface area (Å²) in [6.45, 7) is 5.98. The summed E-state index contributed by atoms with van der Waals surface area (Å²) in [6.07, 6.45) is -0.590.